The molecule has 0 heterocycles. The zero-order valence-corrected chi connectivity index (χ0v) is 15.5. The summed E-state index contributed by atoms with van der Waals surface area (Å²) in [4.78, 5) is 24.0. The van der Waals surface area contributed by atoms with Crippen LogP contribution in [0, 0.1) is 11.3 Å². The van der Waals surface area contributed by atoms with Gasteiger partial charge < -0.3 is 14.8 Å². The van der Waals surface area contributed by atoms with Crippen molar-refractivity contribution in [1.29, 1.82) is 5.26 Å². The summed E-state index contributed by atoms with van der Waals surface area (Å²) in [5, 5.41) is 11.5. The molecular formula is C23H18N2O4. The largest absolute Gasteiger partial charge is 0.489 e. The first kappa shape index (κ1) is 19.6. The minimum Gasteiger partial charge on any atom is -0.489 e. The Balaban J connectivity index is 1.46. The van der Waals surface area contributed by atoms with E-state index in [-0.39, 0.29) is 5.56 Å². The summed E-state index contributed by atoms with van der Waals surface area (Å²) in [6.45, 7) is 0.0252. The van der Waals surface area contributed by atoms with Crippen LogP contribution in [0.4, 0.5) is 5.69 Å². The predicted molar refractivity (Wildman–Crippen MR) is 107 cm³/mol. The molecule has 1 amide bonds. The Hall–Kier alpha value is -4.11. The molecule has 0 aliphatic carbocycles. The van der Waals surface area contributed by atoms with E-state index >= 15 is 0 Å². The lowest BCUT2D eigenvalue weighted by Crippen LogP contribution is -2.20. The molecule has 0 spiro atoms. The molecule has 144 valence electrons. The molecule has 0 aromatic heterocycles. The number of anilines is 1. The van der Waals surface area contributed by atoms with Gasteiger partial charge in [-0.25, -0.2) is 4.79 Å². The van der Waals surface area contributed by atoms with Crippen molar-refractivity contribution in [2.24, 2.45) is 0 Å². The van der Waals surface area contributed by atoms with Crippen LogP contribution in [0.3, 0.4) is 0 Å². The van der Waals surface area contributed by atoms with E-state index < -0.39 is 18.5 Å². The van der Waals surface area contributed by atoms with Crippen LogP contribution >= 0.6 is 0 Å². The minimum absolute atomic E-state index is 0.219. The SMILES string of the molecule is N#Cc1cccc(C(=O)OCC(=O)Nc2ccc(OCc3ccccc3)cc2)c1. The summed E-state index contributed by atoms with van der Waals surface area (Å²) in [5.74, 6) is -0.453. The number of hydrogen-bond donors (Lipinski definition) is 1. The molecule has 6 heteroatoms. The monoisotopic (exact) mass is 386 g/mol. The smallest absolute Gasteiger partial charge is 0.338 e. The molecule has 0 saturated carbocycles. The van der Waals surface area contributed by atoms with Crippen LogP contribution in [-0.4, -0.2) is 18.5 Å². The zero-order valence-electron chi connectivity index (χ0n) is 15.5. The van der Waals surface area contributed by atoms with Gasteiger partial charge in [-0.3, -0.25) is 4.79 Å². The van der Waals surface area contributed by atoms with Crippen molar-refractivity contribution in [2.75, 3.05) is 11.9 Å². The molecule has 3 rings (SSSR count). The second-order valence-corrected chi connectivity index (χ2v) is 6.12. The van der Waals surface area contributed by atoms with Crippen LogP contribution in [0.5, 0.6) is 5.75 Å². The van der Waals surface area contributed by atoms with Gasteiger partial charge in [0.05, 0.1) is 17.2 Å². The van der Waals surface area contributed by atoms with E-state index in [1.807, 2.05) is 36.4 Å². The highest BCUT2D eigenvalue weighted by Gasteiger charge is 2.11. The Morgan fingerprint density at radius 1 is 0.931 bits per heavy atom. The molecule has 0 atom stereocenters. The molecule has 0 fully saturated rings. The summed E-state index contributed by atoms with van der Waals surface area (Å²) in [5.41, 5.74) is 2.19. The summed E-state index contributed by atoms with van der Waals surface area (Å²) < 4.78 is 10.7. The molecule has 1 N–H and O–H groups in total. The first-order valence-corrected chi connectivity index (χ1v) is 8.88. The molecule has 0 bridgehead atoms. The van der Waals surface area contributed by atoms with E-state index in [0.717, 1.165) is 5.56 Å². The third kappa shape index (κ3) is 5.94. The maximum Gasteiger partial charge on any atom is 0.338 e. The third-order valence-corrected chi connectivity index (χ3v) is 3.95. The number of amides is 1. The predicted octanol–water partition coefficient (Wildman–Crippen LogP) is 3.93. The van der Waals surface area contributed by atoms with Gasteiger partial charge in [0.1, 0.15) is 12.4 Å². The van der Waals surface area contributed by atoms with Crippen LogP contribution in [0.2, 0.25) is 0 Å². The molecule has 29 heavy (non-hydrogen) atoms. The average molecular weight is 386 g/mol. The third-order valence-electron chi connectivity index (χ3n) is 3.95. The van der Waals surface area contributed by atoms with Crippen molar-refractivity contribution < 1.29 is 19.1 Å². The molecule has 0 unspecified atom stereocenters. The van der Waals surface area contributed by atoms with E-state index in [1.54, 1.807) is 36.4 Å². The quantitative estimate of drug-likeness (QED) is 0.622. The number of esters is 1. The highest BCUT2D eigenvalue weighted by molar-refractivity contribution is 5.95. The Labute approximate surface area is 168 Å². The van der Waals surface area contributed by atoms with Gasteiger partial charge >= 0.3 is 5.97 Å². The van der Waals surface area contributed by atoms with Gasteiger partial charge in [0.25, 0.3) is 5.91 Å². The van der Waals surface area contributed by atoms with Crippen LogP contribution in [-0.2, 0) is 16.1 Å². The van der Waals surface area contributed by atoms with Gasteiger partial charge in [-0.1, -0.05) is 36.4 Å². The maximum atomic E-state index is 12.0. The Morgan fingerprint density at radius 3 is 2.41 bits per heavy atom. The minimum atomic E-state index is -0.665. The molecular weight excluding hydrogens is 368 g/mol. The highest BCUT2D eigenvalue weighted by atomic mass is 16.5. The normalized spacial score (nSPS) is 9.90. The topological polar surface area (TPSA) is 88.4 Å². The number of carbonyl (C=O) groups is 2. The second kappa shape index (κ2) is 9.72. The van der Waals surface area contributed by atoms with Crippen LogP contribution < -0.4 is 10.1 Å². The summed E-state index contributed by atoms with van der Waals surface area (Å²) in [6.07, 6.45) is 0. The first-order valence-electron chi connectivity index (χ1n) is 8.88. The summed E-state index contributed by atoms with van der Waals surface area (Å²) in [6, 6.07) is 24.7. The number of hydrogen-bond acceptors (Lipinski definition) is 5. The number of benzene rings is 3. The van der Waals surface area contributed by atoms with Gasteiger partial charge in [0.15, 0.2) is 6.61 Å². The van der Waals surface area contributed by atoms with Crippen molar-refractivity contribution in [3.05, 3.63) is 95.6 Å². The number of nitriles is 1. The van der Waals surface area contributed by atoms with Gasteiger partial charge in [-0.05, 0) is 48.0 Å². The fourth-order valence-electron chi connectivity index (χ4n) is 2.50. The fraction of sp³-hybridized carbons (Fsp3) is 0.0870. The van der Waals surface area contributed by atoms with Crippen LogP contribution in [0.15, 0.2) is 78.9 Å². The van der Waals surface area contributed by atoms with Crippen molar-refractivity contribution in [3.63, 3.8) is 0 Å². The van der Waals surface area contributed by atoms with Gasteiger partial charge in [-0.2, -0.15) is 5.26 Å². The molecule has 0 aliphatic heterocycles. The van der Waals surface area contributed by atoms with Crippen molar-refractivity contribution in [3.8, 4) is 11.8 Å². The number of rotatable bonds is 7. The molecule has 3 aromatic carbocycles. The van der Waals surface area contributed by atoms with E-state index in [2.05, 4.69) is 5.32 Å². The van der Waals surface area contributed by atoms with E-state index in [4.69, 9.17) is 14.7 Å². The van der Waals surface area contributed by atoms with Crippen molar-refractivity contribution >= 4 is 17.6 Å². The van der Waals surface area contributed by atoms with Crippen LogP contribution in [0.1, 0.15) is 21.5 Å². The van der Waals surface area contributed by atoms with E-state index in [1.165, 1.54) is 12.1 Å². The second-order valence-electron chi connectivity index (χ2n) is 6.12. The van der Waals surface area contributed by atoms with Gasteiger partial charge in [-0.15, -0.1) is 0 Å². The number of carbonyl (C=O) groups excluding carboxylic acids is 2. The van der Waals surface area contributed by atoms with Gasteiger partial charge in [0.2, 0.25) is 0 Å². The fourth-order valence-corrected chi connectivity index (χ4v) is 2.50. The summed E-state index contributed by atoms with van der Waals surface area (Å²) in [7, 11) is 0. The Morgan fingerprint density at radius 2 is 1.69 bits per heavy atom. The van der Waals surface area contributed by atoms with Gasteiger partial charge in [0, 0.05) is 5.69 Å². The van der Waals surface area contributed by atoms with Crippen LogP contribution in [0.25, 0.3) is 0 Å². The molecule has 0 radical (unpaired) electrons. The molecule has 0 saturated heterocycles. The number of nitrogens with zero attached hydrogens (tertiary/aromatic N) is 1. The highest BCUT2D eigenvalue weighted by Crippen LogP contribution is 2.17. The van der Waals surface area contributed by atoms with Crippen molar-refractivity contribution in [2.45, 2.75) is 6.61 Å². The lowest BCUT2D eigenvalue weighted by Gasteiger charge is -2.09. The standard InChI is InChI=1S/C23H18N2O4/c24-14-18-7-4-8-19(13-18)23(27)29-16-22(26)25-20-9-11-21(12-10-20)28-15-17-5-2-1-3-6-17/h1-13H,15-16H2,(H,25,26). The number of ether oxygens (including phenoxy) is 2. The van der Waals surface area contributed by atoms with Crippen molar-refractivity contribution in [1.82, 2.24) is 0 Å². The molecule has 0 aliphatic rings. The Bertz CT molecular complexity index is 1020. The Kier molecular flexibility index (Phi) is 6.58. The maximum absolute atomic E-state index is 12.0. The molecule has 6 nitrogen and oxygen atoms in total. The lowest BCUT2D eigenvalue weighted by atomic mass is 10.1. The number of nitrogens with one attached hydrogen (secondary N) is 1. The van der Waals surface area contributed by atoms with E-state index in [0.29, 0.717) is 23.6 Å². The zero-order chi connectivity index (χ0) is 20.5. The molecule has 3 aromatic rings. The summed E-state index contributed by atoms with van der Waals surface area (Å²) >= 11 is 0. The average Bonchev–Trinajstić information content (AvgIpc) is 2.77. The first-order chi connectivity index (χ1) is 14.1. The lowest BCUT2D eigenvalue weighted by molar-refractivity contribution is -0.119. The van der Waals surface area contributed by atoms with E-state index in [9.17, 15) is 9.59 Å².